The number of allylic oxidation sites excluding steroid dienone is 1. The van der Waals surface area contributed by atoms with Crippen molar-refractivity contribution in [2.45, 2.75) is 33.0 Å². The third kappa shape index (κ3) is 2.92. The fourth-order valence-corrected chi connectivity index (χ4v) is 4.14. The van der Waals surface area contributed by atoms with Gasteiger partial charge < -0.3 is 14.5 Å². The van der Waals surface area contributed by atoms with Crippen molar-refractivity contribution in [3.05, 3.63) is 40.7 Å². The number of likely N-dealkylation sites (N-methyl/N-ethyl adjacent to an activating group) is 1. The molecule has 30 heavy (non-hydrogen) atoms. The van der Waals surface area contributed by atoms with E-state index in [0.29, 0.717) is 11.0 Å². The van der Waals surface area contributed by atoms with Gasteiger partial charge in [0.2, 0.25) is 5.96 Å². The lowest BCUT2D eigenvalue weighted by Crippen LogP contribution is -2.65. The predicted molar refractivity (Wildman–Crippen MR) is 111 cm³/mol. The normalized spacial score (nSPS) is 22.8. The summed E-state index contributed by atoms with van der Waals surface area (Å²) in [6.07, 6.45) is 1.14. The highest BCUT2D eigenvalue weighted by Crippen LogP contribution is 2.38. The van der Waals surface area contributed by atoms with Crippen molar-refractivity contribution < 1.29 is 19.1 Å². The van der Waals surface area contributed by atoms with Crippen LogP contribution in [0.25, 0.3) is 0 Å². The quantitative estimate of drug-likeness (QED) is 0.679. The molecule has 0 saturated carbocycles. The SMILES string of the molecule is CCOC(=O)CN1C(=O)C2C(N=C3N(c4cccc(Cl)c4C)C(C)=CN32)N(C)C1=O. The first-order chi connectivity index (χ1) is 14.3. The number of aliphatic imine (C=N–C) groups is 1. The van der Waals surface area contributed by atoms with E-state index >= 15 is 0 Å². The second kappa shape index (κ2) is 7.32. The average Bonchev–Trinajstić information content (AvgIpc) is 3.21. The number of esters is 1. The van der Waals surface area contributed by atoms with Gasteiger partial charge in [-0.3, -0.25) is 19.4 Å². The summed E-state index contributed by atoms with van der Waals surface area (Å²) in [4.78, 5) is 48.5. The first kappa shape index (κ1) is 20.2. The van der Waals surface area contributed by atoms with Gasteiger partial charge in [-0.1, -0.05) is 17.7 Å². The summed E-state index contributed by atoms with van der Waals surface area (Å²) in [5.74, 6) is -0.572. The van der Waals surface area contributed by atoms with Crippen molar-refractivity contribution in [1.82, 2.24) is 14.7 Å². The number of rotatable bonds is 4. The summed E-state index contributed by atoms with van der Waals surface area (Å²) >= 11 is 6.31. The first-order valence-electron chi connectivity index (χ1n) is 9.59. The number of fused-ring (bicyclic) bond motifs is 3. The van der Waals surface area contributed by atoms with Crippen molar-refractivity contribution >= 4 is 41.2 Å². The van der Waals surface area contributed by atoms with Crippen LogP contribution in [0.5, 0.6) is 0 Å². The van der Waals surface area contributed by atoms with Crippen LogP contribution in [-0.2, 0) is 14.3 Å². The Hall–Kier alpha value is -3.07. The maximum absolute atomic E-state index is 13.2. The Kier molecular flexibility index (Phi) is 4.93. The van der Waals surface area contributed by atoms with Gasteiger partial charge >= 0.3 is 12.0 Å². The number of guanidine groups is 1. The van der Waals surface area contributed by atoms with E-state index < -0.39 is 36.7 Å². The van der Waals surface area contributed by atoms with Gasteiger partial charge in [0, 0.05) is 24.0 Å². The van der Waals surface area contributed by atoms with Crippen LogP contribution in [0.2, 0.25) is 5.02 Å². The van der Waals surface area contributed by atoms with E-state index in [9.17, 15) is 14.4 Å². The fraction of sp³-hybridized carbons (Fsp3) is 0.400. The molecule has 10 heteroatoms. The monoisotopic (exact) mass is 431 g/mol. The minimum atomic E-state index is -0.753. The summed E-state index contributed by atoms with van der Waals surface area (Å²) in [5, 5.41) is 0.624. The van der Waals surface area contributed by atoms with E-state index in [4.69, 9.17) is 21.3 Å². The zero-order valence-electron chi connectivity index (χ0n) is 17.1. The lowest BCUT2D eigenvalue weighted by molar-refractivity contribution is -0.150. The highest BCUT2D eigenvalue weighted by atomic mass is 35.5. The Morgan fingerprint density at radius 3 is 2.70 bits per heavy atom. The van der Waals surface area contributed by atoms with Crippen molar-refractivity contribution in [2.24, 2.45) is 4.99 Å². The summed E-state index contributed by atoms with van der Waals surface area (Å²) in [6.45, 7) is 5.24. The van der Waals surface area contributed by atoms with Crippen LogP contribution in [0, 0.1) is 6.92 Å². The van der Waals surface area contributed by atoms with Crippen LogP contribution in [0.1, 0.15) is 19.4 Å². The van der Waals surface area contributed by atoms with Gasteiger partial charge in [-0.25, -0.2) is 9.79 Å². The number of ether oxygens (including phenoxy) is 1. The molecule has 0 radical (unpaired) electrons. The van der Waals surface area contributed by atoms with Crippen molar-refractivity contribution in [2.75, 3.05) is 25.1 Å². The Balaban J connectivity index is 1.69. The van der Waals surface area contributed by atoms with Gasteiger partial charge in [0.25, 0.3) is 5.91 Å². The average molecular weight is 432 g/mol. The van der Waals surface area contributed by atoms with E-state index in [1.54, 1.807) is 18.9 Å². The Labute approximate surface area is 179 Å². The maximum Gasteiger partial charge on any atom is 0.328 e. The lowest BCUT2D eigenvalue weighted by atomic mass is 10.1. The number of anilines is 1. The van der Waals surface area contributed by atoms with Crippen molar-refractivity contribution in [1.29, 1.82) is 0 Å². The molecule has 3 aliphatic rings. The number of carbonyl (C=O) groups excluding carboxylic acids is 3. The number of halogens is 1. The second-order valence-electron chi connectivity index (χ2n) is 7.31. The zero-order valence-corrected chi connectivity index (χ0v) is 17.9. The number of benzene rings is 1. The number of urea groups is 1. The van der Waals surface area contributed by atoms with E-state index in [-0.39, 0.29) is 6.61 Å². The predicted octanol–water partition coefficient (Wildman–Crippen LogP) is 2.15. The molecule has 2 atom stereocenters. The van der Waals surface area contributed by atoms with Gasteiger partial charge in [0.05, 0.1) is 12.3 Å². The van der Waals surface area contributed by atoms with Gasteiger partial charge in [-0.05, 0) is 38.5 Å². The standard InChI is InChI=1S/C20H22ClN5O4/c1-5-30-15(27)10-25-18(28)16-17(23(4)20(25)29)22-19-24(16)9-11(2)26(19)14-8-6-7-13(21)12(14)3/h6-9,16-17H,5,10H2,1-4H3. The molecule has 1 aromatic rings. The molecule has 1 fully saturated rings. The molecule has 9 nitrogen and oxygen atoms in total. The van der Waals surface area contributed by atoms with Gasteiger partial charge in [0.1, 0.15) is 6.54 Å². The van der Waals surface area contributed by atoms with E-state index in [2.05, 4.69) is 0 Å². The molecule has 2 unspecified atom stereocenters. The van der Waals surface area contributed by atoms with Crippen LogP contribution in [0.3, 0.4) is 0 Å². The van der Waals surface area contributed by atoms with Crippen LogP contribution in [-0.4, -0.2) is 71.0 Å². The molecule has 0 N–H and O–H groups in total. The zero-order chi connectivity index (χ0) is 21.7. The molecule has 158 valence electrons. The van der Waals surface area contributed by atoms with Crippen LogP contribution < -0.4 is 4.90 Å². The Morgan fingerprint density at radius 2 is 2.00 bits per heavy atom. The molecule has 0 bridgehead atoms. The molecule has 0 aliphatic carbocycles. The van der Waals surface area contributed by atoms with Crippen molar-refractivity contribution in [3.63, 3.8) is 0 Å². The number of carbonyl (C=O) groups is 3. The number of imide groups is 1. The van der Waals surface area contributed by atoms with Crippen LogP contribution in [0.15, 0.2) is 35.1 Å². The molecule has 1 saturated heterocycles. The van der Waals surface area contributed by atoms with Gasteiger partial charge in [-0.2, -0.15) is 0 Å². The summed E-state index contributed by atoms with van der Waals surface area (Å²) in [7, 11) is 1.57. The van der Waals surface area contributed by atoms with Crippen molar-refractivity contribution in [3.8, 4) is 0 Å². The number of amides is 3. The molecule has 4 rings (SSSR count). The van der Waals surface area contributed by atoms with E-state index in [0.717, 1.165) is 21.8 Å². The summed E-state index contributed by atoms with van der Waals surface area (Å²) < 4.78 is 4.91. The molecule has 3 aliphatic heterocycles. The van der Waals surface area contributed by atoms with E-state index in [1.165, 1.54) is 4.90 Å². The highest BCUT2D eigenvalue weighted by Gasteiger charge is 2.54. The fourth-order valence-electron chi connectivity index (χ4n) is 3.97. The molecule has 1 aromatic carbocycles. The smallest absolute Gasteiger partial charge is 0.328 e. The number of nitrogens with zero attached hydrogens (tertiary/aromatic N) is 5. The maximum atomic E-state index is 13.2. The minimum absolute atomic E-state index is 0.173. The topological polar surface area (TPSA) is 85.8 Å². The summed E-state index contributed by atoms with van der Waals surface area (Å²) in [6, 6.07) is 4.26. The van der Waals surface area contributed by atoms with E-state index in [1.807, 2.05) is 43.1 Å². The van der Waals surface area contributed by atoms with Crippen LogP contribution in [0.4, 0.5) is 10.5 Å². The summed E-state index contributed by atoms with van der Waals surface area (Å²) in [5.41, 5.74) is 2.59. The molecular weight excluding hydrogens is 410 g/mol. The first-order valence-corrected chi connectivity index (χ1v) is 9.97. The molecule has 0 spiro atoms. The number of hydrogen-bond acceptors (Lipinski definition) is 7. The van der Waals surface area contributed by atoms with Crippen LogP contribution >= 0.6 is 11.6 Å². The van der Waals surface area contributed by atoms with Gasteiger partial charge in [-0.15, -0.1) is 0 Å². The third-order valence-electron chi connectivity index (χ3n) is 5.46. The Bertz CT molecular complexity index is 1010. The molecule has 3 heterocycles. The lowest BCUT2D eigenvalue weighted by Gasteiger charge is -2.39. The Morgan fingerprint density at radius 1 is 1.27 bits per heavy atom. The number of hydrogen-bond donors (Lipinski definition) is 0. The highest BCUT2D eigenvalue weighted by molar-refractivity contribution is 6.32. The third-order valence-corrected chi connectivity index (χ3v) is 5.87. The minimum Gasteiger partial charge on any atom is -0.465 e. The molecule has 0 aromatic heterocycles. The molecule has 3 amide bonds. The molecular formula is C20H22ClN5O4. The largest absolute Gasteiger partial charge is 0.465 e. The second-order valence-corrected chi connectivity index (χ2v) is 7.71. The van der Waals surface area contributed by atoms with Gasteiger partial charge in [0.15, 0.2) is 12.2 Å².